The number of allylic oxidation sites excluding steroid dienone is 1. The molecule has 4 atom stereocenters. The first-order valence-electron chi connectivity index (χ1n) is 9.32. The van der Waals surface area contributed by atoms with Crippen LogP contribution in [0.1, 0.15) is 65.7 Å². The minimum Gasteiger partial charge on any atom is -0.395 e. The van der Waals surface area contributed by atoms with Crippen LogP contribution in [0.3, 0.4) is 0 Å². The summed E-state index contributed by atoms with van der Waals surface area (Å²) in [5, 5.41) is 10.3. The molecule has 0 aliphatic heterocycles. The molecule has 2 fully saturated rings. The highest BCUT2D eigenvalue weighted by Crippen LogP contribution is 2.65. The Hall–Kier alpha value is -0.670. The molecule has 0 radical (unpaired) electrons. The van der Waals surface area contributed by atoms with Gasteiger partial charge >= 0.3 is 0 Å². The molecule has 23 heavy (non-hydrogen) atoms. The van der Waals surface area contributed by atoms with Gasteiger partial charge in [0.05, 0.1) is 12.0 Å². The first-order valence-corrected chi connectivity index (χ1v) is 9.32. The zero-order valence-corrected chi connectivity index (χ0v) is 15.0. The van der Waals surface area contributed by atoms with Crippen LogP contribution < -0.4 is 5.73 Å². The Balaban J connectivity index is 2.06. The van der Waals surface area contributed by atoms with E-state index in [2.05, 4.69) is 26.8 Å². The molecule has 3 heteroatoms. The van der Waals surface area contributed by atoms with E-state index >= 15 is 0 Å². The molecule has 3 nitrogen and oxygen atoms in total. The van der Waals surface area contributed by atoms with E-state index in [1.165, 1.54) is 19.3 Å². The van der Waals surface area contributed by atoms with E-state index in [9.17, 15) is 9.90 Å². The summed E-state index contributed by atoms with van der Waals surface area (Å²) in [7, 11) is 0. The monoisotopic (exact) mass is 319 g/mol. The molecule has 0 spiro atoms. The summed E-state index contributed by atoms with van der Waals surface area (Å²) in [5.41, 5.74) is 6.85. The highest BCUT2D eigenvalue weighted by atomic mass is 16.3. The summed E-state index contributed by atoms with van der Waals surface area (Å²) in [5.74, 6) is 1.14. The molecule has 4 unspecified atom stereocenters. The van der Waals surface area contributed by atoms with Crippen molar-refractivity contribution in [3.05, 3.63) is 11.6 Å². The van der Waals surface area contributed by atoms with Gasteiger partial charge in [0, 0.05) is 13.0 Å². The molecule has 0 amide bonds. The second-order valence-electron chi connectivity index (χ2n) is 9.21. The molecule has 0 saturated heterocycles. The number of carbonyl (C=O) groups excluding carboxylic acids is 1. The van der Waals surface area contributed by atoms with Gasteiger partial charge < -0.3 is 10.8 Å². The van der Waals surface area contributed by atoms with Crippen molar-refractivity contribution in [3.63, 3.8) is 0 Å². The van der Waals surface area contributed by atoms with E-state index in [4.69, 9.17) is 5.73 Å². The molecule has 0 bridgehead atoms. The van der Waals surface area contributed by atoms with Gasteiger partial charge in [-0.3, -0.25) is 4.79 Å². The summed E-state index contributed by atoms with van der Waals surface area (Å²) in [4.78, 5) is 13.1. The van der Waals surface area contributed by atoms with Gasteiger partial charge in [-0.1, -0.05) is 38.8 Å². The van der Waals surface area contributed by atoms with Gasteiger partial charge in [-0.2, -0.15) is 0 Å². The maximum atomic E-state index is 13.1. The number of fused-ring (bicyclic) bond motifs is 3. The fourth-order valence-corrected chi connectivity index (χ4v) is 6.51. The first kappa shape index (κ1) is 17.2. The molecule has 3 rings (SSSR count). The van der Waals surface area contributed by atoms with Crippen molar-refractivity contribution in [2.24, 2.45) is 33.8 Å². The number of aliphatic hydroxyl groups is 1. The minimum atomic E-state index is -0.536. The number of Topliss-reactive ketones (excluding diaryl/α,β-unsaturated/α-hetero) is 1. The fourth-order valence-electron chi connectivity index (χ4n) is 6.51. The highest BCUT2D eigenvalue weighted by Gasteiger charge is 2.61. The predicted octanol–water partition coefficient (Wildman–Crippen LogP) is 3.46. The summed E-state index contributed by atoms with van der Waals surface area (Å²) >= 11 is 0. The molecule has 0 aromatic carbocycles. The molecule has 2 saturated carbocycles. The minimum absolute atomic E-state index is 0.00489. The number of nitrogens with two attached hydrogens (primary N) is 1. The van der Waals surface area contributed by atoms with Crippen LogP contribution in [0.25, 0.3) is 0 Å². The average molecular weight is 319 g/mol. The Morgan fingerprint density at radius 1 is 1.22 bits per heavy atom. The van der Waals surface area contributed by atoms with Crippen LogP contribution in [0, 0.1) is 28.1 Å². The van der Waals surface area contributed by atoms with Crippen LogP contribution in [0.4, 0.5) is 0 Å². The van der Waals surface area contributed by atoms with Crippen LogP contribution in [0.5, 0.6) is 0 Å². The predicted molar refractivity (Wildman–Crippen MR) is 92.9 cm³/mol. The van der Waals surface area contributed by atoms with Crippen molar-refractivity contribution in [3.8, 4) is 0 Å². The van der Waals surface area contributed by atoms with Gasteiger partial charge in [-0.15, -0.1) is 0 Å². The molecule has 0 heterocycles. The van der Waals surface area contributed by atoms with Crippen molar-refractivity contribution in [2.45, 2.75) is 65.7 Å². The lowest BCUT2D eigenvalue weighted by atomic mass is 9.42. The van der Waals surface area contributed by atoms with E-state index in [1.807, 2.05) is 0 Å². The molecule has 3 N–H and O–H groups in total. The van der Waals surface area contributed by atoms with Crippen LogP contribution in [-0.2, 0) is 4.79 Å². The largest absolute Gasteiger partial charge is 0.395 e. The van der Waals surface area contributed by atoms with Crippen molar-refractivity contribution in [1.29, 1.82) is 0 Å². The lowest BCUT2D eigenvalue weighted by Gasteiger charge is -2.62. The van der Waals surface area contributed by atoms with E-state index in [1.54, 1.807) is 0 Å². The average Bonchev–Trinajstić information content (AvgIpc) is 2.64. The van der Waals surface area contributed by atoms with Crippen LogP contribution in [-0.4, -0.2) is 24.0 Å². The number of carbonyl (C=O) groups is 1. The number of rotatable bonds is 2. The van der Waals surface area contributed by atoms with E-state index < -0.39 is 5.41 Å². The summed E-state index contributed by atoms with van der Waals surface area (Å²) < 4.78 is 0. The molecular formula is C20H33NO2. The molecule has 130 valence electrons. The third-order valence-electron chi connectivity index (χ3n) is 7.75. The Labute approximate surface area is 140 Å². The fraction of sp³-hybridized carbons (Fsp3) is 0.850. The highest BCUT2D eigenvalue weighted by molar-refractivity contribution is 5.88. The standard InChI is InChI=1S/C20H33NO2/c1-18(2)8-4-9-19(3)15(18)7-10-20(13-22)16(19)6-5-14(12-21)11-17(20)23/h5,15-16,22H,4,6-13,21H2,1-3H3. The third kappa shape index (κ3) is 2.42. The lowest BCUT2D eigenvalue weighted by Crippen LogP contribution is -2.58. The molecule has 0 aromatic heterocycles. The molecule has 3 aliphatic carbocycles. The van der Waals surface area contributed by atoms with Gasteiger partial charge in [0.15, 0.2) is 0 Å². The Bertz CT molecular complexity index is 524. The topological polar surface area (TPSA) is 63.3 Å². The first-order chi connectivity index (χ1) is 10.8. The van der Waals surface area contributed by atoms with Crippen molar-refractivity contribution in [1.82, 2.24) is 0 Å². The maximum Gasteiger partial charge on any atom is 0.145 e. The Morgan fingerprint density at radius 3 is 2.61 bits per heavy atom. The number of hydrogen-bond donors (Lipinski definition) is 2. The quantitative estimate of drug-likeness (QED) is 0.766. The van der Waals surface area contributed by atoms with Crippen molar-refractivity contribution >= 4 is 5.78 Å². The second-order valence-corrected chi connectivity index (χ2v) is 9.21. The van der Waals surface area contributed by atoms with Gasteiger partial charge in [-0.05, 0) is 54.8 Å². The second kappa shape index (κ2) is 5.70. The zero-order chi connectivity index (χ0) is 16.9. The van der Waals surface area contributed by atoms with E-state index in [-0.39, 0.29) is 23.7 Å². The van der Waals surface area contributed by atoms with Gasteiger partial charge in [-0.25, -0.2) is 0 Å². The van der Waals surface area contributed by atoms with E-state index in [0.29, 0.717) is 24.3 Å². The maximum absolute atomic E-state index is 13.1. The Morgan fingerprint density at radius 2 is 1.96 bits per heavy atom. The van der Waals surface area contributed by atoms with E-state index in [0.717, 1.165) is 24.8 Å². The van der Waals surface area contributed by atoms with Crippen molar-refractivity contribution < 1.29 is 9.90 Å². The number of hydrogen-bond acceptors (Lipinski definition) is 3. The smallest absolute Gasteiger partial charge is 0.145 e. The zero-order valence-electron chi connectivity index (χ0n) is 15.0. The van der Waals surface area contributed by atoms with Gasteiger partial charge in [0.25, 0.3) is 0 Å². The van der Waals surface area contributed by atoms with Gasteiger partial charge in [0.1, 0.15) is 5.78 Å². The summed E-state index contributed by atoms with van der Waals surface area (Å²) in [6, 6.07) is 0. The SMILES string of the molecule is CC1(C)CCCC2(C)C1CCC1(CO)C(=O)CC(CN)=CCC12. The molecule has 0 aromatic rings. The lowest BCUT2D eigenvalue weighted by molar-refractivity contribution is -0.166. The normalized spacial score (nSPS) is 43.2. The van der Waals surface area contributed by atoms with Crippen molar-refractivity contribution in [2.75, 3.05) is 13.2 Å². The van der Waals surface area contributed by atoms with Gasteiger partial charge in [0.2, 0.25) is 0 Å². The third-order valence-corrected chi connectivity index (χ3v) is 7.75. The molecular weight excluding hydrogens is 286 g/mol. The van der Waals surface area contributed by atoms with Crippen LogP contribution >= 0.6 is 0 Å². The summed E-state index contributed by atoms with van der Waals surface area (Å²) in [6.45, 7) is 7.68. The summed E-state index contributed by atoms with van der Waals surface area (Å²) in [6.07, 6.45) is 9.19. The van der Waals surface area contributed by atoms with Crippen LogP contribution in [0.2, 0.25) is 0 Å². The molecule has 3 aliphatic rings. The number of aliphatic hydroxyl groups excluding tert-OH is 1. The Kier molecular flexibility index (Phi) is 4.25. The van der Waals surface area contributed by atoms with Crippen LogP contribution in [0.15, 0.2) is 11.6 Å². The number of ketones is 1.